The fourth-order valence-corrected chi connectivity index (χ4v) is 4.11. The van der Waals surface area contributed by atoms with Gasteiger partial charge in [0.2, 0.25) is 0 Å². The summed E-state index contributed by atoms with van der Waals surface area (Å²) in [5, 5.41) is 5.98. The Bertz CT molecular complexity index is 276. The van der Waals surface area contributed by atoms with E-state index in [0.717, 1.165) is 6.04 Å². The second kappa shape index (κ2) is 5.37. The third-order valence-corrected chi connectivity index (χ3v) is 4.98. The molecule has 15 heavy (non-hydrogen) atoms. The molecule has 84 valence electrons. The van der Waals surface area contributed by atoms with Crippen LogP contribution in [-0.4, -0.2) is 17.5 Å². The Labute approximate surface area is 101 Å². The maximum Gasteiger partial charge on any atom is 0.0440 e. The van der Waals surface area contributed by atoms with Gasteiger partial charge in [0, 0.05) is 22.7 Å². The predicted molar refractivity (Wildman–Crippen MR) is 70.8 cm³/mol. The molecule has 1 nitrogen and oxygen atoms in total. The lowest BCUT2D eigenvalue weighted by Gasteiger charge is -2.25. The standard InChI is InChI=1S/C12H19NS2/c1-9(2)12(11-4-3-6-15-11)13-10-5-7-14-8-10/h3-4,6,9-10,12-13H,5,7-8H2,1-2H3. The van der Waals surface area contributed by atoms with Crippen molar-refractivity contribution in [3.8, 4) is 0 Å². The molecule has 0 bridgehead atoms. The molecular weight excluding hydrogens is 222 g/mol. The van der Waals surface area contributed by atoms with Gasteiger partial charge in [-0.2, -0.15) is 11.8 Å². The van der Waals surface area contributed by atoms with E-state index in [1.807, 2.05) is 11.3 Å². The van der Waals surface area contributed by atoms with Crippen LogP contribution in [0.3, 0.4) is 0 Å². The number of nitrogens with one attached hydrogen (secondary N) is 1. The van der Waals surface area contributed by atoms with E-state index >= 15 is 0 Å². The molecule has 0 spiro atoms. The summed E-state index contributed by atoms with van der Waals surface area (Å²) in [6.07, 6.45) is 1.33. The zero-order chi connectivity index (χ0) is 10.7. The van der Waals surface area contributed by atoms with Crippen molar-refractivity contribution in [3.05, 3.63) is 22.4 Å². The maximum absolute atomic E-state index is 3.81. The molecule has 0 radical (unpaired) electrons. The minimum atomic E-state index is 0.550. The SMILES string of the molecule is CC(C)C(NC1CCSC1)c1cccs1. The molecule has 1 aliphatic rings. The van der Waals surface area contributed by atoms with Crippen LogP contribution in [0.4, 0.5) is 0 Å². The first-order chi connectivity index (χ1) is 7.27. The first-order valence-corrected chi connectivity index (χ1v) is 7.68. The molecule has 2 unspecified atom stereocenters. The van der Waals surface area contributed by atoms with E-state index in [9.17, 15) is 0 Å². The highest BCUT2D eigenvalue weighted by atomic mass is 32.2. The van der Waals surface area contributed by atoms with Crippen LogP contribution in [-0.2, 0) is 0 Å². The maximum atomic E-state index is 3.81. The molecule has 1 aromatic heterocycles. The van der Waals surface area contributed by atoms with Gasteiger partial charge in [-0.1, -0.05) is 19.9 Å². The fourth-order valence-electron chi connectivity index (χ4n) is 1.99. The van der Waals surface area contributed by atoms with Crippen molar-refractivity contribution in [2.75, 3.05) is 11.5 Å². The molecule has 1 fully saturated rings. The summed E-state index contributed by atoms with van der Waals surface area (Å²) in [6, 6.07) is 5.68. The highest BCUT2D eigenvalue weighted by molar-refractivity contribution is 7.99. The molecular formula is C12H19NS2. The predicted octanol–water partition coefficient (Wildman–Crippen LogP) is 3.54. The molecule has 1 aromatic rings. The Balaban J connectivity index is 2.00. The molecule has 2 rings (SSSR count). The monoisotopic (exact) mass is 241 g/mol. The molecule has 1 aliphatic heterocycles. The third kappa shape index (κ3) is 2.99. The van der Waals surface area contributed by atoms with Crippen LogP contribution >= 0.6 is 23.1 Å². The Morgan fingerprint density at radius 1 is 1.47 bits per heavy atom. The third-order valence-electron chi connectivity index (χ3n) is 2.86. The van der Waals surface area contributed by atoms with Crippen molar-refractivity contribution in [1.29, 1.82) is 0 Å². The summed E-state index contributed by atoms with van der Waals surface area (Å²) in [5.41, 5.74) is 0. The largest absolute Gasteiger partial charge is 0.305 e. The Morgan fingerprint density at radius 3 is 2.87 bits per heavy atom. The minimum absolute atomic E-state index is 0.550. The average molecular weight is 241 g/mol. The van der Waals surface area contributed by atoms with Crippen molar-refractivity contribution in [2.45, 2.75) is 32.4 Å². The number of hydrogen-bond donors (Lipinski definition) is 1. The van der Waals surface area contributed by atoms with E-state index in [1.54, 1.807) is 0 Å². The molecule has 2 heterocycles. The van der Waals surface area contributed by atoms with Gasteiger partial charge in [-0.15, -0.1) is 11.3 Å². The van der Waals surface area contributed by atoms with Crippen LogP contribution in [0.25, 0.3) is 0 Å². The van der Waals surface area contributed by atoms with Crippen LogP contribution < -0.4 is 5.32 Å². The molecule has 1 saturated heterocycles. The molecule has 3 heteroatoms. The Morgan fingerprint density at radius 2 is 2.33 bits per heavy atom. The normalized spacial score (nSPS) is 23.5. The van der Waals surface area contributed by atoms with E-state index in [1.165, 1.54) is 22.8 Å². The highest BCUT2D eigenvalue weighted by Crippen LogP contribution is 2.28. The topological polar surface area (TPSA) is 12.0 Å². The average Bonchev–Trinajstić information content (AvgIpc) is 2.87. The lowest BCUT2D eigenvalue weighted by atomic mass is 10.0. The van der Waals surface area contributed by atoms with E-state index in [4.69, 9.17) is 0 Å². The van der Waals surface area contributed by atoms with Crippen molar-refractivity contribution in [2.24, 2.45) is 5.92 Å². The van der Waals surface area contributed by atoms with Gasteiger partial charge in [-0.05, 0) is 29.5 Å². The first kappa shape index (κ1) is 11.5. The van der Waals surface area contributed by atoms with Crippen LogP contribution in [0.1, 0.15) is 31.2 Å². The molecule has 0 amide bonds. The molecule has 0 aliphatic carbocycles. The van der Waals surface area contributed by atoms with E-state index in [0.29, 0.717) is 12.0 Å². The summed E-state index contributed by atoms with van der Waals surface area (Å²) < 4.78 is 0. The second-order valence-corrected chi connectivity index (χ2v) is 6.59. The van der Waals surface area contributed by atoms with Gasteiger partial charge in [-0.3, -0.25) is 0 Å². The lowest BCUT2D eigenvalue weighted by Crippen LogP contribution is -2.34. The van der Waals surface area contributed by atoms with Crippen molar-refractivity contribution in [3.63, 3.8) is 0 Å². The van der Waals surface area contributed by atoms with Crippen LogP contribution in [0.15, 0.2) is 17.5 Å². The number of rotatable bonds is 4. The molecule has 0 saturated carbocycles. The van der Waals surface area contributed by atoms with E-state index in [-0.39, 0.29) is 0 Å². The molecule has 1 N–H and O–H groups in total. The number of hydrogen-bond acceptors (Lipinski definition) is 3. The van der Waals surface area contributed by atoms with Gasteiger partial charge in [0.25, 0.3) is 0 Å². The van der Waals surface area contributed by atoms with Crippen molar-refractivity contribution < 1.29 is 0 Å². The smallest absolute Gasteiger partial charge is 0.0440 e. The number of thioether (sulfide) groups is 1. The molecule has 0 aromatic carbocycles. The zero-order valence-electron chi connectivity index (χ0n) is 9.40. The summed E-state index contributed by atoms with van der Waals surface area (Å²) in [5.74, 6) is 3.29. The van der Waals surface area contributed by atoms with E-state index < -0.39 is 0 Å². The molecule has 2 atom stereocenters. The summed E-state index contributed by atoms with van der Waals surface area (Å²) >= 11 is 3.95. The van der Waals surface area contributed by atoms with Gasteiger partial charge in [0.15, 0.2) is 0 Å². The summed E-state index contributed by atoms with van der Waals surface area (Å²) in [7, 11) is 0. The van der Waals surface area contributed by atoms with Crippen molar-refractivity contribution >= 4 is 23.1 Å². The summed E-state index contributed by atoms with van der Waals surface area (Å²) in [6.45, 7) is 4.61. The fraction of sp³-hybridized carbons (Fsp3) is 0.667. The van der Waals surface area contributed by atoms with Gasteiger partial charge in [0.1, 0.15) is 0 Å². The Kier molecular flexibility index (Phi) is 4.12. The van der Waals surface area contributed by atoms with Crippen LogP contribution in [0.2, 0.25) is 0 Å². The minimum Gasteiger partial charge on any atom is -0.305 e. The quantitative estimate of drug-likeness (QED) is 0.865. The van der Waals surface area contributed by atoms with Gasteiger partial charge in [-0.25, -0.2) is 0 Å². The van der Waals surface area contributed by atoms with Gasteiger partial charge >= 0.3 is 0 Å². The second-order valence-electron chi connectivity index (χ2n) is 4.46. The van der Waals surface area contributed by atoms with Crippen LogP contribution in [0.5, 0.6) is 0 Å². The van der Waals surface area contributed by atoms with Gasteiger partial charge in [0.05, 0.1) is 0 Å². The lowest BCUT2D eigenvalue weighted by molar-refractivity contribution is 0.377. The van der Waals surface area contributed by atoms with Gasteiger partial charge < -0.3 is 5.32 Å². The summed E-state index contributed by atoms with van der Waals surface area (Å²) in [4.78, 5) is 1.49. The van der Waals surface area contributed by atoms with E-state index in [2.05, 4.69) is 48.4 Å². The first-order valence-electron chi connectivity index (χ1n) is 5.64. The highest BCUT2D eigenvalue weighted by Gasteiger charge is 2.23. The number of thiophene rings is 1. The van der Waals surface area contributed by atoms with Crippen molar-refractivity contribution in [1.82, 2.24) is 5.32 Å². The van der Waals surface area contributed by atoms with Crippen LogP contribution in [0, 0.1) is 5.92 Å². The zero-order valence-corrected chi connectivity index (χ0v) is 11.0. The Hall–Kier alpha value is 0.01000.